The third-order valence-corrected chi connectivity index (χ3v) is 4.98. The molecule has 2 rings (SSSR count). The predicted octanol–water partition coefficient (Wildman–Crippen LogP) is 3.77. The van der Waals surface area contributed by atoms with Crippen molar-refractivity contribution in [2.24, 2.45) is 0 Å². The van der Waals surface area contributed by atoms with Crippen LogP contribution in [0.15, 0.2) is 30.3 Å². The molecule has 1 aromatic carbocycles. The molecule has 1 fully saturated rings. The molecule has 112 valence electrons. The van der Waals surface area contributed by atoms with Crippen LogP contribution in [0.1, 0.15) is 44.6 Å². The lowest BCUT2D eigenvalue weighted by atomic mass is 9.81. The monoisotopic (exact) mass is 274 g/mol. The highest BCUT2D eigenvalue weighted by molar-refractivity contribution is 5.14. The largest absolute Gasteiger partial charge is 0.304 e. The molecule has 1 aliphatic rings. The van der Waals surface area contributed by atoms with Crippen LogP contribution in [-0.2, 0) is 6.54 Å². The van der Waals surface area contributed by atoms with E-state index in [1.54, 1.807) is 0 Å². The van der Waals surface area contributed by atoms with E-state index in [1.807, 2.05) is 0 Å². The van der Waals surface area contributed by atoms with Gasteiger partial charge in [-0.05, 0) is 38.9 Å². The van der Waals surface area contributed by atoms with Crippen LogP contribution in [0.25, 0.3) is 0 Å². The van der Waals surface area contributed by atoms with E-state index in [9.17, 15) is 0 Å². The maximum absolute atomic E-state index is 2.61. The number of unbranched alkanes of at least 4 members (excludes halogenated alkanes) is 1. The highest BCUT2D eigenvalue weighted by Crippen LogP contribution is 2.32. The van der Waals surface area contributed by atoms with E-state index in [1.165, 1.54) is 50.8 Å². The minimum atomic E-state index is 0.448. The fourth-order valence-electron chi connectivity index (χ4n) is 3.40. The van der Waals surface area contributed by atoms with Crippen LogP contribution in [0.5, 0.6) is 0 Å². The van der Waals surface area contributed by atoms with E-state index in [-0.39, 0.29) is 0 Å². The van der Waals surface area contributed by atoms with Gasteiger partial charge in [0.15, 0.2) is 0 Å². The summed E-state index contributed by atoms with van der Waals surface area (Å²) in [5.41, 5.74) is 1.89. The lowest BCUT2D eigenvalue weighted by molar-refractivity contribution is 0.0445. The fourth-order valence-corrected chi connectivity index (χ4v) is 3.40. The highest BCUT2D eigenvalue weighted by atomic mass is 15.2. The van der Waals surface area contributed by atoms with Gasteiger partial charge in [-0.3, -0.25) is 4.90 Å². The van der Waals surface area contributed by atoms with Crippen molar-refractivity contribution in [3.05, 3.63) is 35.9 Å². The Hall–Kier alpha value is -0.860. The second-order valence-corrected chi connectivity index (χ2v) is 6.48. The van der Waals surface area contributed by atoms with Crippen LogP contribution >= 0.6 is 0 Å². The normalized spacial score (nSPS) is 19.4. The van der Waals surface area contributed by atoms with E-state index in [0.29, 0.717) is 5.54 Å². The van der Waals surface area contributed by atoms with Crippen molar-refractivity contribution in [2.45, 2.75) is 51.1 Å². The molecule has 20 heavy (non-hydrogen) atoms. The Balaban J connectivity index is 1.89. The molecule has 0 radical (unpaired) electrons. The Morgan fingerprint density at radius 3 is 2.30 bits per heavy atom. The number of hydrogen-bond acceptors (Lipinski definition) is 2. The van der Waals surface area contributed by atoms with Gasteiger partial charge in [0.25, 0.3) is 0 Å². The third kappa shape index (κ3) is 3.83. The Kier molecular flexibility index (Phi) is 5.62. The van der Waals surface area contributed by atoms with Crippen molar-refractivity contribution in [2.75, 3.05) is 27.2 Å². The molecule has 2 nitrogen and oxygen atoms in total. The summed E-state index contributed by atoms with van der Waals surface area (Å²) in [5.74, 6) is 0. The second kappa shape index (κ2) is 7.24. The number of rotatable bonds is 6. The molecule has 0 spiro atoms. The van der Waals surface area contributed by atoms with Gasteiger partial charge in [0, 0.05) is 25.2 Å². The van der Waals surface area contributed by atoms with Crippen molar-refractivity contribution < 1.29 is 0 Å². The molecule has 2 heteroatoms. The van der Waals surface area contributed by atoms with Gasteiger partial charge < -0.3 is 4.90 Å². The van der Waals surface area contributed by atoms with Gasteiger partial charge >= 0.3 is 0 Å². The molecule has 0 amide bonds. The van der Waals surface area contributed by atoms with Crippen LogP contribution < -0.4 is 0 Å². The molecule has 1 aromatic rings. The average molecular weight is 274 g/mol. The maximum atomic E-state index is 2.61. The highest BCUT2D eigenvalue weighted by Gasteiger charge is 2.35. The van der Waals surface area contributed by atoms with Crippen LogP contribution in [0.3, 0.4) is 0 Å². The van der Waals surface area contributed by atoms with Crippen molar-refractivity contribution in [1.82, 2.24) is 9.80 Å². The summed E-state index contributed by atoms with van der Waals surface area (Å²) in [4.78, 5) is 5.10. The van der Waals surface area contributed by atoms with Crippen LogP contribution in [0, 0.1) is 0 Å². The number of likely N-dealkylation sites (tertiary alicyclic amines) is 1. The first-order chi connectivity index (χ1) is 9.66. The summed E-state index contributed by atoms with van der Waals surface area (Å²) in [6.07, 6.45) is 6.65. The van der Waals surface area contributed by atoms with E-state index in [2.05, 4.69) is 61.2 Å². The minimum absolute atomic E-state index is 0.448. The zero-order chi connectivity index (χ0) is 14.4. The van der Waals surface area contributed by atoms with Crippen LogP contribution in [-0.4, -0.2) is 42.5 Å². The number of nitrogens with zero attached hydrogens (tertiary/aromatic N) is 2. The zero-order valence-electron chi connectivity index (χ0n) is 13.4. The molecule has 1 aliphatic heterocycles. The van der Waals surface area contributed by atoms with E-state index in [4.69, 9.17) is 0 Å². The van der Waals surface area contributed by atoms with E-state index in [0.717, 1.165) is 6.54 Å². The molecule has 0 saturated carbocycles. The molecule has 1 saturated heterocycles. The summed E-state index contributed by atoms with van der Waals surface area (Å²) < 4.78 is 0. The first kappa shape index (κ1) is 15.5. The molecule has 1 heterocycles. The first-order valence-corrected chi connectivity index (χ1v) is 8.10. The zero-order valence-corrected chi connectivity index (χ0v) is 13.4. The molecule has 0 bridgehead atoms. The summed E-state index contributed by atoms with van der Waals surface area (Å²) in [6, 6.07) is 10.9. The van der Waals surface area contributed by atoms with Gasteiger partial charge in [-0.15, -0.1) is 0 Å². The van der Waals surface area contributed by atoms with Crippen molar-refractivity contribution in [1.29, 1.82) is 0 Å². The minimum Gasteiger partial charge on any atom is -0.304 e. The van der Waals surface area contributed by atoms with Gasteiger partial charge in [0.2, 0.25) is 0 Å². The average Bonchev–Trinajstić information content (AvgIpc) is 2.47. The first-order valence-electron chi connectivity index (χ1n) is 8.10. The van der Waals surface area contributed by atoms with Gasteiger partial charge in [-0.1, -0.05) is 50.1 Å². The fraction of sp³-hybridized carbons (Fsp3) is 0.667. The van der Waals surface area contributed by atoms with E-state index >= 15 is 0 Å². The Labute approximate surface area is 124 Å². The van der Waals surface area contributed by atoms with E-state index < -0.39 is 0 Å². The molecule has 0 N–H and O–H groups in total. The Bertz CT molecular complexity index is 378. The van der Waals surface area contributed by atoms with Gasteiger partial charge in [0.1, 0.15) is 0 Å². The lowest BCUT2D eigenvalue weighted by Crippen LogP contribution is -2.52. The van der Waals surface area contributed by atoms with Gasteiger partial charge in [-0.25, -0.2) is 0 Å². The summed E-state index contributed by atoms with van der Waals surface area (Å²) in [7, 11) is 4.53. The van der Waals surface area contributed by atoms with Crippen LogP contribution in [0.4, 0.5) is 0 Å². The smallest absolute Gasteiger partial charge is 0.0233 e. The Morgan fingerprint density at radius 1 is 1.10 bits per heavy atom. The second-order valence-electron chi connectivity index (χ2n) is 6.48. The lowest BCUT2D eigenvalue weighted by Gasteiger charge is -2.46. The summed E-state index contributed by atoms with van der Waals surface area (Å²) in [6.45, 7) is 5.87. The predicted molar refractivity (Wildman–Crippen MR) is 86.9 cm³/mol. The standard InChI is InChI=1S/C18H30N2/c1-4-5-11-18(19(2)3)12-14-20(15-13-18)16-17-9-7-6-8-10-17/h6-10H,4-5,11-16H2,1-3H3. The quantitative estimate of drug-likeness (QED) is 0.779. The number of piperidine rings is 1. The SMILES string of the molecule is CCCCC1(N(C)C)CCN(Cc2ccccc2)CC1. The molecular formula is C18H30N2. The number of benzene rings is 1. The summed E-state index contributed by atoms with van der Waals surface area (Å²) >= 11 is 0. The molecule has 0 atom stereocenters. The van der Waals surface area contributed by atoms with Gasteiger partial charge in [-0.2, -0.15) is 0 Å². The van der Waals surface area contributed by atoms with Gasteiger partial charge in [0.05, 0.1) is 0 Å². The Morgan fingerprint density at radius 2 is 1.75 bits per heavy atom. The van der Waals surface area contributed by atoms with Crippen LogP contribution in [0.2, 0.25) is 0 Å². The summed E-state index contributed by atoms with van der Waals surface area (Å²) in [5, 5.41) is 0. The molecule has 0 aromatic heterocycles. The van der Waals surface area contributed by atoms with Crippen molar-refractivity contribution in [3.8, 4) is 0 Å². The maximum Gasteiger partial charge on any atom is 0.0233 e. The van der Waals surface area contributed by atoms with Crippen molar-refractivity contribution in [3.63, 3.8) is 0 Å². The topological polar surface area (TPSA) is 6.48 Å². The molecule has 0 unspecified atom stereocenters. The van der Waals surface area contributed by atoms with Crippen molar-refractivity contribution >= 4 is 0 Å². The number of hydrogen-bond donors (Lipinski definition) is 0. The molecular weight excluding hydrogens is 244 g/mol. The third-order valence-electron chi connectivity index (χ3n) is 4.98. The molecule has 0 aliphatic carbocycles.